The Bertz CT molecular complexity index is 889. The highest BCUT2D eigenvalue weighted by atomic mass is 19.1. The number of carbonyl (C=O) groups is 1. The Labute approximate surface area is 142 Å². The minimum atomic E-state index is -0.706. The lowest BCUT2D eigenvalue weighted by Gasteiger charge is -2.09. The molecule has 0 aliphatic rings. The third kappa shape index (κ3) is 3.82. The summed E-state index contributed by atoms with van der Waals surface area (Å²) in [6, 6.07) is 12.2. The van der Waals surface area contributed by atoms with Crippen molar-refractivity contribution in [1.29, 1.82) is 0 Å². The number of benzene rings is 2. The molecule has 5 nitrogen and oxygen atoms in total. The maximum absolute atomic E-state index is 13.8. The summed E-state index contributed by atoms with van der Waals surface area (Å²) in [4.78, 5) is 11.1. The van der Waals surface area contributed by atoms with Crippen molar-refractivity contribution in [1.82, 2.24) is 9.78 Å². The van der Waals surface area contributed by atoms with Crippen molar-refractivity contribution in [3.05, 3.63) is 77.6 Å². The number of rotatable bonds is 6. The van der Waals surface area contributed by atoms with Gasteiger partial charge in [-0.05, 0) is 24.3 Å². The number of halogens is 2. The van der Waals surface area contributed by atoms with Gasteiger partial charge < -0.3 is 10.5 Å². The molecule has 3 aromatic rings. The lowest BCUT2D eigenvalue weighted by Crippen LogP contribution is -2.14. The van der Waals surface area contributed by atoms with E-state index in [4.69, 9.17) is 10.5 Å². The molecule has 0 aliphatic carbocycles. The Hall–Kier alpha value is -3.22. The quantitative estimate of drug-likeness (QED) is 0.748. The molecule has 0 saturated heterocycles. The minimum Gasteiger partial charge on any atom is -0.487 e. The second-order valence-corrected chi connectivity index (χ2v) is 5.36. The first-order chi connectivity index (χ1) is 12.0. The Morgan fingerprint density at radius 1 is 1.08 bits per heavy atom. The lowest BCUT2D eigenvalue weighted by molar-refractivity contribution is -0.117. The molecular weight excluding hydrogens is 328 g/mol. The van der Waals surface area contributed by atoms with E-state index in [0.717, 1.165) is 16.8 Å². The topological polar surface area (TPSA) is 70.1 Å². The molecule has 1 amide bonds. The minimum absolute atomic E-state index is 0.0606. The van der Waals surface area contributed by atoms with E-state index in [2.05, 4.69) is 5.10 Å². The Morgan fingerprint density at radius 3 is 2.52 bits per heavy atom. The van der Waals surface area contributed by atoms with E-state index in [-0.39, 0.29) is 18.7 Å². The van der Waals surface area contributed by atoms with Crippen LogP contribution in [0.3, 0.4) is 0 Å². The van der Waals surface area contributed by atoms with Crippen molar-refractivity contribution >= 4 is 5.91 Å². The van der Waals surface area contributed by atoms with Crippen LogP contribution in [0.15, 0.2) is 54.7 Å². The summed E-state index contributed by atoms with van der Waals surface area (Å²) in [6.07, 6.45) is 1.51. The first-order valence-corrected chi connectivity index (χ1v) is 7.52. The van der Waals surface area contributed by atoms with Gasteiger partial charge in [0.25, 0.3) is 0 Å². The van der Waals surface area contributed by atoms with Gasteiger partial charge >= 0.3 is 0 Å². The summed E-state index contributed by atoms with van der Waals surface area (Å²) in [7, 11) is 0. The van der Waals surface area contributed by atoms with E-state index in [0.29, 0.717) is 17.0 Å². The van der Waals surface area contributed by atoms with Gasteiger partial charge in [-0.15, -0.1) is 0 Å². The number of hydrogen-bond donors (Lipinski definition) is 1. The van der Waals surface area contributed by atoms with Crippen LogP contribution in [0.25, 0.3) is 5.69 Å². The second-order valence-electron chi connectivity index (χ2n) is 5.36. The van der Waals surface area contributed by atoms with Crippen molar-refractivity contribution in [2.45, 2.75) is 13.0 Å². The zero-order valence-corrected chi connectivity index (χ0v) is 13.2. The Morgan fingerprint density at radius 2 is 1.80 bits per heavy atom. The second kappa shape index (κ2) is 7.12. The van der Waals surface area contributed by atoms with E-state index in [1.54, 1.807) is 30.3 Å². The average molecular weight is 343 g/mol. The number of nitrogens with two attached hydrogens (primary N) is 1. The lowest BCUT2D eigenvalue weighted by atomic mass is 10.1. The highest BCUT2D eigenvalue weighted by Gasteiger charge is 2.13. The maximum Gasteiger partial charge on any atom is 0.221 e. The highest BCUT2D eigenvalue weighted by Crippen LogP contribution is 2.20. The Kier molecular flexibility index (Phi) is 4.74. The summed E-state index contributed by atoms with van der Waals surface area (Å²) in [6.45, 7) is 0.0822. The molecule has 1 heterocycles. The SMILES string of the molecule is NC(=O)Cc1ccccc1OCc1ccn(-c2c(F)cccc2F)n1. The summed E-state index contributed by atoms with van der Waals surface area (Å²) in [5.41, 5.74) is 6.11. The normalized spacial score (nSPS) is 10.6. The molecule has 3 rings (SSSR count). The summed E-state index contributed by atoms with van der Waals surface area (Å²) in [5, 5.41) is 4.13. The van der Waals surface area contributed by atoms with E-state index in [1.807, 2.05) is 0 Å². The van der Waals surface area contributed by atoms with Crippen molar-refractivity contribution < 1.29 is 18.3 Å². The first kappa shape index (κ1) is 16.6. The van der Waals surface area contributed by atoms with Gasteiger partial charge in [-0.25, -0.2) is 13.5 Å². The third-order valence-corrected chi connectivity index (χ3v) is 3.52. The molecule has 25 heavy (non-hydrogen) atoms. The maximum atomic E-state index is 13.8. The number of hydrogen-bond acceptors (Lipinski definition) is 3. The van der Waals surface area contributed by atoms with Crippen molar-refractivity contribution in [2.24, 2.45) is 5.73 Å². The van der Waals surface area contributed by atoms with Crippen LogP contribution >= 0.6 is 0 Å². The number of primary amides is 1. The van der Waals surface area contributed by atoms with Crippen LogP contribution in [-0.2, 0) is 17.8 Å². The molecule has 0 unspecified atom stereocenters. The zero-order valence-electron chi connectivity index (χ0n) is 13.2. The predicted octanol–water partition coefficient (Wildman–Crippen LogP) is 2.76. The fourth-order valence-corrected chi connectivity index (χ4v) is 2.40. The standard InChI is InChI=1S/C18H15F2N3O2/c19-14-5-3-6-15(20)18(14)23-9-8-13(22-23)11-25-16-7-2-1-4-12(16)10-17(21)24/h1-9H,10-11H2,(H2,21,24). The summed E-state index contributed by atoms with van der Waals surface area (Å²) < 4.78 is 34.4. The van der Waals surface area contributed by atoms with Gasteiger partial charge in [-0.2, -0.15) is 5.10 Å². The van der Waals surface area contributed by atoms with Crippen LogP contribution in [0.1, 0.15) is 11.3 Å². The fourth-order valence-electron chi connectivity index (χ4n) is 2.40. The van der Waals surface area contributed by atoms with E-state index in [9.17, 15) is 13.6 Å². The molecular formula is C18H15F2N3O2. The van der Waals surface area contributed by atoms with Gasteiger partial charge in [-0.1, -0.05) is 24.3 Å². The summed E-state index contributed by atoms with van der Waals surface area (Å²) >= 11 is 0. The number of carbonyl (C=O) groups excluding carboxylic acids is 1. The number of amides is 1. The number of aromatic nitrogens is 2. The van der Waals surface area contributed by atoms with Gasteiger partial charge in [0.2, 0.25) is 5.91 Å². The molecule has 128 valence electrons. The van der Waals surface area contributed by atoms with Gasteiger partial charge in [0.1, 0.15) is 23.7 Å². The van der Waals surface area contributed by atoms with Gasteiger partial charge in [0.15, 0.2) is 11.6 Å². The summed E-state index contributed by atoms with van der Waals surface area (Å²) in [5.74, 6) is -1.37. The van der Waals surface area contributed by atoms with Crippen LogP contribution in [0.2, 0.25) is 0 Å². The van der Waals surface area contributed by atoms with Crippen LogP contribution < -0.4 is 10.5 Å². The first-order valence-electron chi connectivity index (χ1n) is 7.52. The van der Waals surface area contributed by atoms with Gasteiger partial charge in [0.05, 0.1) is 6.42 Å². The third-order valence-electron chi connectivity index (χ3n) is 3.52. The molecule has 0 radical (unpaired) electrons. The van der Waals surface area contributed by atoms with Crippen LogP contribution in [0.4, 0.5) is 8.78 Å². The molecule has 0 aliphatic heterocycles. The van der Waals surface area contributed by atoms with Crippen LogP contribution in [0.5, 0.6) is 5.75 Å². The van der Waals surface area contributed by atoms with E-state index >= 15 is 0 Å². The molecule has 2 N–H and O–H groups in total. The van der Waals surface area contributed by atoms with Gasteiger partial charge in [0, 0.05) is 11.8 Å². The molecule has 1 aromatic heterocycles. The number of para-hydroxylation sites is 2. The van der Waals surface area contributed by atoms with E-state index in [1.165, 1.54) is 12.3 Å². The average Bonchev–Trinajstić information content (AvgIpc) is 3.02. The van der Waals surface area contributed by atoms with Crippen LogP contribution in [-0.4, -0.2) is 15.7 Å². The molecule has 2 aromatic carbocycles. The molecule has 0 saturated carbocycles. The monoisotopic (exact) mass is 343 g/mol. The fraction of sp³-hybridized carbons (Fsp3) is 0.111. The molecule has 0 bridgehead atoms. The van der Waals surface area contributed by atoms with Crippen molar-refractivity contribution in [3.8, 4) is 11.4 Å². The zero-order chi connectivity index (χ0) is 17.8. The number of ether oxygens (including phenoxy) is 1. The predicted molar refractivity (Wildman–Crippen MR) is 87.2 cm³/mol. The molecule has 7 heteroatoms. The Balaban J connectivity index is 1.76. The van der Waals surface area contributed by atoms with E-state index < -0.39 is 17.5 Å². The largest absolute Gasteiger partial charge is 0.487 e. The smallest absolute Gasteiger partial charge is 0.221 e. The molecule has 0 atom stereocenters. The van der Waals surface area contributed by atoms with Crippen LogP contribution in [0, 0.1) is 11.6 Å². The molecule has 0 spiro atoms. The number of nitrogens with zero attached hydrogens (tertiary/aromatic N) is 2. The van der Waals surface area contributed by atoms with Crippen molar-refractivity contribution in [2.75, 3.05) is 0 Å². The molecule has 0 fully saturated rings. The highest BCUT2D eigenvalue weighted by molar-refractivity contribution is 5.77. The van der Waals surface area contributed by atoms with Gasteiger partial charge in [-0.3, -0.25) is 4.79 Å². The van der Waals surface area contributed by atoms with Crippen molar-refractivity contribution in [3.63, 3.8) is 0 Å².